The molecule has 0 radical (unpaired) electrons. The maximum atomic E-state index is 13.5. The van der Waals surface area contributed by atoms with Crippen molar-refractivity contribution in [2.45, 2.75) is 0 Å². The number of hydrogen-bond donors (Lipinski definition) is 2. The normalized spacial score (nSPS) is 10.4. The van der Waals surface area contributed by atoms with Gasteiger partial charge in [-0.3, -0.25) is 4.79 Å². The van der Waals surface area contributed by atoms with Gasteiger partial charge in [0.05, 0.1) is 16.3 Å². The summed E-state index contributed by atoms with van der Waals surface area (Å²) in [5, 5.41) is 2.84. The number of nitrogens with two attached hydrogens (primary N) is 1. The topological polar surface area (TPSA) is 55.1 Å². The summed E-state index contributed by atoms with van der Waals surface area (Å²) in [6.45, 7) is 0. The van der Waals surface area contributed by atoms with E-state index in [1.54, 1.807) is 12.1 Å². The van der Waals surface area contributed by atoms with Crippen LogP contribution in [0, 0.1) is 11.6 Å². The molecule has 2 rings (SSSR count). The number of benzene rings is 2. The molecule has 1 amide bonds. The van der Waals surface area contributed by atoms with E-state index in [0.717, 1.165) is 6.07 Å². The molecule has 20 heavy (non-hydrogen) atoms. The first-order valence-corrected chi connectivity index (χ1v) is 6.56. The van der Waals surface area contributed by atoms with Crippen LogP contribution in [0.3, 0.4) is 0 Å². The van der Waals surface area contributed by atoms with Crippen LogP contribution >= 0.6 is 27.5 Å². The highest BCUT2D eigenvalue weighted by molar-refractivity contribution is 9.10. The molecule has 0 atom stereocenters. The summed E-state index contributed by atoms with van der Waals surface area (Å²) < 4.78 is 27.2. The van der Waals surface area contributed by atoms with E-state index in [1.165, 1.54) is 6.07 Å². The van der Waals surface area contributed by atoms with Crippen molar-refractivity contribution >= 4 is 44.8 Å². The van der Waals surface area contributed by atoms with Gasteiger partial charge >= 0.3 is 0 Å². The SMILES string of the molecule is Nc1cc(C(=O)Nc2ccc(Br)c(Cl)c2)c(F)cc1F. The number of halogens is 4. The number of amides is 1. The second-order valence-corrected chi connectivity index (χ2v) is 5.20. The summed E-state index contributed by atoms with van der Waals surface area (Å²) in [5.74, 6) is -2.64. The van der Waals surface area contributed by atoms with Gasteiger partial charge in [-0.15, -0.1) is 0 Å². The lowest BCUT2D eigenvalue weighted by molar-refractivity contribution is 0.102. The summed E-state index contributed by atoms with van der Waals surface area (Å²) in [7, 11) is 0. The molecule has 0 aliphatic heterocycles. The standard InChI is InChI=1S/C13H8BrClF2N2O/c14-8-2-1-6(3-9(8)15)19-13(20)7-4-12(18)11(17)5-10(7)16/h1-5H,18H2,(H,19,20). The van der Waals surface area contributed by atoms with Gasteiger partial charge in [-0.2, -0.15) is 0 Å². The van der Waals surface area contributed by atoms with Gasteiger partial charge < -0.3 is 11.1 Å². The molecule has 7 heteroatoms. The number of carbonyl (C=O) groups excluding carboxylic acids is 1. The molecule has 0 unspecified atom stereocenters. The van der Waals surface area contributed by atoms with Crippen LogP contribution in [0.2, 0.25) is 5.02 Å². The van der Waals surface area contributed by atoms with E-state index in [2.05, 4.69) is 21.2 Å². The summed E-state index contributed by atoms with van der Waals surface area (Å²) in [5.41, 5.74) is 5.05. The zero-order valence-electron chi connectivity index (χ0n) is 9.88. The molecule has 0 heterocycles. The average Bonchev–Trinajstić information content (AvgIpc) is 2.38. The largest absolute Gasteiger partial charge is 0.396 e. The third kappa shape index (κ3) is 3.08. The summed E-state index contributed by atoms with van der Waals surface area (Å²) in [6, 6.07) is 6.22. The van der Waals surface area contributed by atoms with Crippen LogP contribution in [-0.2, 0) is 0 Å². The van der Waals surface area contributed by atoms with Crippen LogP contribution < -0.4 is 11.1 Å². The summed E-state index contributed by atoms with van der Waals surface area (Å²) in [6.07, 6.45) is 0. The highest BCUT2D eigenvalue weighted by Gasteiger charge is 2.15. The van der Waals surface area contributed by atoms with Crippen LogP contribution in [-0.4, -0.2) is 5.91 Å². The van der Waals surface area contributed by atoms with E-state index < -0.39 is 17.5 Å². The number of nitrogens with one attached hydrogen (secondary N) is 1. The lowest BCUT2D eigenvalue weighted by atomic mass is 10.1. The quantitative estimate of drug-likeness (QED) is 0.787. The third-order valence-electron chi connectivity index (χ3n) is 2.51. The minimum absolute atomic E-state index is 0.301. The van der Waals surface area contributed by atoms with E-state index in [-0.39, 0.29) is 11.3 Å². The van der Waals surface area contributed by atoms with Gasteiger partial charge in [0.2, 0.25) is 0 Å². The number of nitrogen functional groups attached to an aromatic ring is 1. The fraction of sp³-hybridized carbons (Fsp3) is 0. The van der Waals surface area contributed by atoms with E-state index in [9.17, 15) is 13.6 Å². The summed E-state index contributed by atoms with van der Waals surface area (Å²) in [4.78, 5) is 11.9. The van der Waals surface area contributed by atoms with E-state index in [0.29, 0.717) is 21.2 Å². The smallest absolute Gasteiger partial charge is 0.258 e. The zero-order valence-corrected chi connectivity index (χ0v) is 12.2. The second kappa shape index (κ2) is 5.76. The molecule has 0 aromatic heterocycles. The van der Waals surface area contributed by atoms with Crippen molar-refractivity contribution in [1.82, 2.24) is 0 Å². The molecule has 0 saturated carbocycles. The Hall–Kier alpha value is -1.66. The Bertz CT molecular complexity index is 694. The molecular formula is C13H8BrClF2N2O. The second-order valence-electron chi connectivity index (χ2n) is 3.94. The van der Waals surface area contributed by atoms with E-state index >= 15 is 0 Å². The van der Waals surface area contributed by atoms with Gasteiger partial charge in [0.15, 0.2) is 0 Å². The maximum absolute atomic E-state index is 13.5. The van der Waals surface area contributed by atoms with Gasteiger partial charge in [-0.05, 0) is 40.2 Å². The monoisotopic (exact) mass is 360 g/mol. The molecule has 0 saturated heterocycles. The van der Waals surface area contributed by atoms with E-state index in [4.69, 9.17) is 17.3 Å². The fourth-order valence-electron chi connectivity index (χ4n) is 1.51. The first-order chi connectivity index (χ1) is 9.38. The predicted molar refractivity (Wildman–Crippen MR) is 77.9 cm³/mol. The molecule has 0 bridgehead atoms. The minimum Gasteiger partial charge on any atom is -0.396 e. The number of hydrogen-bond acceptors (Lipinski definition) is 2. The summed E-state index contributed by atoms with van der Waals surface area (Å²) >= 11 is 9.09. The zero-order chi connectivity index (χ0) is 14.9. The molecule has 0 spiro atoms. The molecule has 0 aliphatic rings. The maximum Gasteiger partial charge on any atom is 0.258 e. The van der Waals surface area contributed by atoms with Crippen LogP contribution in [0.1, 0.15) is 10.4 Å². The lowest BCUT2D eigenvalue weighted by Crippen LogP contribution is -2.14. The van der Waals surface area contributed by atoms with Gasteiger partial charge in [-0.1, -0.05) is 11.6 Å². The molecule has 0 aliphatic carbocycles. The van der Waals surface area contributed by atoms with Crippen molar-refractivity contribution in [2.24, 2.45) is 0 Å². The van der Waals surface area contributed by atoms with Gasteiger partial charge in [-0.25, -0.2) is 8.78 Å². The van der Waals surface area contributed by atoms with Gasteiger partial charge in [0.1, 0.15) is 11.6 Å². The Labute approximate surface area is 126 Å². The molecule has 3 nitrogen and oxygen atoms in total. The van der Waals surface area contributed by atoms with Crippen molar-refractivity contribution in [3.05, 3.63) is 57.0 Å². The van der Waals surface area contributed by atoms with Crippen LogP contribution in [0.25, 0.3) is 0 Å². The van der Waals surface area contributed by atoms with Crippen LogP contribution in [0.15, 0.2) is 34.8 Å². The first kappa shape index (κ1) is 14.7. The predicted octanol–water partition coefficient (Wildman–Crippen LogP) is 4.22. The minimum atomic E-state index is -0.989. The van der Waals surface area contributed by atoms with Crippen LogP contribution in [0.4, 0.5) is 20.2 Å². The highest BCUT2D eigenvalue weighted by Crippen LogP contribution is 2.26. The van der Waals surface area contributed by atoms with Gasteiger partial charge in [0.25, 0.3) is 5.91 Å². The number of carbonyl (C=O) groups is 1. The van der Waals surface area contributed by atoms with Crippen molar-refractivity contribution in [3.63, 3.8) is 0 Å². The molecular weight excluding hydrogens is 354 g/mol. The molecule has 2 aromatic carbocycles. The molecule has 104 valence electrons. The fourth-order valence-corrected chi connectivity index (χ4v) is 1.94. The molecule has 2 aromatic rings. The van der Waals surface area contributed by atoms with Crippen molar-refractivity contribution in [1.29, 1.82) is 0 Å². The van der Waals surface area contributed by atoms with Crippen molar-refractivity contribution < 1.29 is 13.6 Å². The molecule has 3 N–H and O–H groups in total. The average molecular weight is 362 g/mol. The van der Waals surface area contributed by atoms with E-state index in [1.807, 2.05) is 0 Å². The van der Waals surface area contributed by atoms with Crippen molar-refractivity contribution in [2.75, 3.05) is 11.1 Å². The highest BCUT2D eigenvalue weighted by atomic mass is 79.9. The Balaban J connectivity index is 2.28. The number of anilines is 2. The Morgan fingerprint density at radius 3 is 2.55 bits per heavy atom. The Kier molecular flexibility index (Phi) is 4.25. The molecule has 0 fully saturated rings. The Morgan fingerprint density at radius 1 is 1.20 bits per heavy atom. The van der Waals surface area contributed by atoms with Crippen molar-refractivity contribution in [3.8, 4) is 0 Å². The third-order valence-corrected chi connectivity index (χ3v) is 3.74. The lowest BCUT2D eigenvalue weighted by Gasteiger charge is -2.08. The van der Waals surface area contributed by atoms with Gasteiger partial charge in [0, 0.05) is 16.2 Å². The van der Waals surface area contributed by atoms with Crippen LogP contribution in [0.5, 0.6) is 0 Å². The Morgan fingerprint density at radius 2 is 1.90 bits per heavy atom. The first-order valence-electron chi connectivity index (χ1n) is 5.39. The number of rotatable bonds is 2.